The first-order chi connectivity index (χ1) is 17.8. The Balaban J connectivity index is 1.77. The summed E-state index contributed by atoms with van der Waals surface area (Å²) < 4.78 is 33.6. The molecule has 210 valence electrons. The van der Waals surface area contributed by atoms with E-state index in [1.165, 1.54) is 12.2 Å². The van der Waals surface area contributed by atoms with Crippen molar-refractivity contribution in [1.29, 1.82) is 0 Å². The molecule has 0 spiro atoms. The minimum Gasteiger partial charge on any atom is -0.457 e. The van der Waals surface area contributed by atoms with Crippen LogP contribution < -0.4 is 0 Å². The Bertz CT molecular complexity index is 1080. The molecule has 4 rings (SSSR count). The van der Waals surface area contributed by atoms with Gasteiger partial charge in [-0.3, -0.25) is 14.4 Å². The van der Waals surface area contributed by atoms with E-state index in [1.807, 2.05) is 6.92 Å². The summed E-state index contributed by atoms with van der Waals surface area (Å²) in [4.78, 5) is 50.8. The van der Waals surface area contributed by atoms with E-state index in [1.54, 1.807) is 33.8 Å². The van der Waals surface area contributed by atoms with Crippen LogP contribution in [-0.2, 0) is 28.6 Å². The number of carbonyl (C=O) groups is 4. The number of allylic oxidation sites excluding steroid dienone is 4. The van der Waals surface area contributed by atoms with Crippen molar-refractivity contribution in [2.45, 2.75) is 90.5 Å². The van der Waals surface area contributed by atoms with E-state index in [0.29, 0.717) is 31.3 Å². The summed E-state index contributed by atoms with van der Waals surface area (Å²) in [6, 6.07) is 0. The summed E-state index contributed by atoms with van der Waals surface area (Å²) in [5.74, 6) is -2.99. The van der Waals surface area contributed by atoms with Gasteiger partial charge in [0.15, 0.2) is 23.7 Å². The molecule has 0 aromatic rings. The number of rotatable bonds is 7. The average Bonchev–Trinajstić information content (AvgIpc) is 3.06. The molecule has 0 amide bonds. The summed E-state index contributed by atoms with van der Waals surface area (Å²) in [5.41, 5.74) is -5.55. The fourth-order valence-electron chi connectivity index (χ4n) is 8.21. The molecule has 8 atom stereocenters. The lowest BCUT2D eigenvalue weighted by Crippen LogP contribution is -2.70. The van der Waals surface area contributed by atoms with Crippen LogP contribution in [0.25, 0.3) is 0 Å². The van der Waals surface area contributed by atoms with Gasteiger partial charge >= 0.3 is 12.1 Å². The highest BCUT2D eigenvalue weighted by Crippen LogP contribution is 2.71. The van der Waals surface area contributed by atoms with Crippen molar-refractivity contribution in [3.8, 4) is 0 Å². The number of esters is 1. The van der Waals surface area contributed by atoms with Crippen molar-refractivity contribution in [2.75, 3.05) is 13.2 Å². The van der Waals surface area contributed by atoms with E-state index in [4.69, 9.17) is 14.2 Å². The molecule has 0 heterocycles. The molecule has 0 saturated heterocycles. The first-order valence-corrected chi connectivity index (χ1v) is 13.7. The van der Waals surface area contributed by atoms with Gasteiger partial charge in [0, 0.05) is 29.1 Å². The Morgan fingerprint density at radius 2 is 1.87 bits per heavy atom. The average molecular weight is 535 g/mol. The van der Waals surface area contributed by atoms with E-state index >= 15 is 4.39 Å². The molecular weight excluding hydrogens is 495 g/mol. The van der Waals surface area contributed by atoms with Gasteiger partial charge in [0.1, 0.15) is 0 Å². The number of alkyl halides is 1. The molecule has 0 bridgehead atoms. The second kappa shape index (κ2) is 9.88. The SMILES string of the molecule is CCCC(=O)OCC(=O)[C@@]1(OC(=O)OCC)[C@H](C)C[C@H]2[C@@H]3CCC4=CC(=O)C=C[C@]4(C)[C@@]3(F)[C@@H](O)C[C@@]21C. The quantitative estimate of drug-likeness (QED) is 0.477. The van der Waals surface area contributed by atoms with E-state index in [2.05, 4.69) is 0 Å². The van der Waals surface area contributed by atoms with Crippen LogP contribution in [0.5, 0.6) is 0 Å². The van der Waals surface area contributed by atoms with Gasteiger partial charge < -0.3 is 19.3 Å². The number of halogens is 1. The van der Waals surface area contributed by atoms with Crippen molar-refractivity contribution in [2.24, 2.45) is 28.6 Å². The van der Waals surface area contributed by atoms with Gasteiger partial charge in [0.05, 0.1) is 12.7 Å². The standard InChI is InChI=1S/C29H39FO8/c1-6-8-24(34)37-16-23(33)29(38-25(35)36-7-2)17(3)13-21-20-10-9-18-14-19(31)11-12-26(18,4)28(20,30)22(32)15-27(21,29)5/h11-12,14,17,20-22,32H,6-10,13,15-16H2,1-5H3/t17-,20+,21+,22+,26+,27+,28+,29+/m1/s1. The van der Waals surface area contributed by atoms with Crippen LogP contribution in [-0.4, -0.2) is 59.4 Å². The number of fused-ring (bicyclic) bond motifs is 5. The number of aliphatic hydroxyl groups is 1. The van der Waals surface area contributed by atoms with Gasteiger partial charge in [-0.05, 0) is 64.0 Å². The third kappa shape index (κ3) is 3.87. The molecule has 8 nitrogen and oxygen atoms in total. The fourth-order valence-corrected chi connectivity index (χ4v) is 8.21. The lowest BCUT2D eigenvalue weighted by Gasteiger charge is -2.62. The molecule has 4 aliphatic carbocycles. The highest BCUT2D eigenvalue weighted by molar-refractivity contribution is 6.01. The number of carbonyl (C=O) groups excluding carboxylic acids is 4. The molecule has 0 unspecified atom stereocenters. The predicted octanol–water partition coefficient (Wildman–Crippen LogP) is 4.43. The number of hydrogen-bond donors (Lipinski definition) is 1. The molecule has 0 aliphatic heterocycles. The van der Waals surface area contributed by atoms with Gasteiger partial charge in [-0.15, -0.1) is 0 Å². The van der Waals surface area contributed by atoms with Crippen LogP contribution in [0.2, 0.25) is 0 Å². The minimum absolute atomic E-state index is 0.0282. The van der Waals surface area contributed by atoms with Crippen molar-refractivity contribution in [3.05, 3.63) is 23.8 Å². The second-order valence-electron chi connectivity index (χ2n) is 11.8. The normalized spacial score (nSPS) is 41.3. The molecule has 9 heteroatoms. The molecule has 0 radical (unpaired) electrons. The maximum atomic E-state index is 17.4. The highest BCUT2D eigenvalue weighted by atomic mass is 19.1. The number of Topliss-reactive ketones (excluding diaryl/α,β-unsaturated/α-hetero) is 1. The Morgan fingerprint density at radius 1 is 1.16 bits per heavy atom. The zero-order valence-corrected chi connectivity index (χ0v) is 22.9. The van der Waals surface area contributed by atoms with Gasteiger partial charge in [-0.1, -0.05) is 32.4 Å². The summed E-state index contributed by atoms with van der Waals surface area (Å²) in [5, 5.41) is 11.6. The van der Waals surface area contributed by atoms with Crippen molar-refractivity contribution in [3.63, 3.8) is 0 Å². The minimum atomic E-state index is -2.09. The zero-order valence-electron chi connectivity index (χ0n) is 22.9. The molecular formula is C29H39FO8. The molecule has 3 saturated carbocycles. The second-order valence-corrected chi connectivity index (χ2v) is 11.8. The summed E-state index contributed by atoms with van der Waals surface area (Å²) in [6.07, 6.45) is 3.61. The van der Waals surface area contributed by atoms with Crippen molar-refractivity contribution in [1.82, 2.24) is 0 Å². The number of hydrogen-bond acceptors (Lipinski definition) is 8. The van der Waals surface area contributed by atoms with Gasteiger partial charge in [-0.2, -0.15) is 0 Å². The third-order valence-corrected chi connectivity index (χ3v) is 9.92. The molecule has 4 aliphatic rings. The van der Waals surface area contributed by atoms with Crippen LogP contribution >= 0.6 is 0 Å². The lowest BCUT2D eigenvalue weighted by atomic mass is 9.44. The molecule has 1 N–H and O–H groups in total. The maximum Gasteiger partial charge on any atom is 0.509 e. The summed E-state index contributed by atoms with van der Waals surface area (Å²) >= 11 is 0. The van der Waals surface area contributed by atoms with Crippen LogP contribution in [0.15, 0.2) is 23.8 Å². The first kappa shape index (κ1) is 28.5. The predicted molar refractivity (Wildman–Crippen MR) is 135 cm³/mol. The molecule has 0 aromatic carbocycles. The maximum absolute atomic E-state index is 17.4. The van der Waals surface area contributed by atoms with Crippen LogP contribution in [0.3, 0.4) is 0 Å². The van der Waals surface area contributed by atoms with E-state index in [0.717, 1.165) is 0 Å². The van der Waals surface area contributed by atoms with E-state index in [9.17, 15) is 24.3 Å². The number of ether oxygens (including phenoxy) is 3. The Hall–Kier alpha value is -2.55. The van der Waals surface area contributed by atoms with Crippen LogP contribution in [0.1, 0.15) is 73.1 Å². The van der Waals surface area contributed by atoms with Gasteiger partial charge in [0.2, 0.25) is 5.78 Å². The van der Waals surface area contributed by atoms with Crippen LogP contribution in [0.4, 0.5) is 9.18 Å². The Kier molecular flexibility index (Phi) is 7.40. The fraction of sp³-hybridized carbons (Fsp3) is 0.724. The largest absolute Gasteiger partial charge is 0.509 e. The van der Waals surface area contributed by atoms with Gasteiger partial charge in [-0.25, -0.2) is 9.18 Å². The summed E-state index contributed by atoms with van der Waals surface area (Å²) in [7, 11) is 0. The monoisotopic (exact) mass is 534 g/mol. The van der Waals surface area contributed by atoms with E-state index in [-0.39, 0.29) is 25.2 Å². The topological polar surface area (TPSA) is 116 Å². The highest BCUT2D eigenvalue weighted by Gasteiger charge is 2.77. The number of aliphatic hydroxyl groups excluding tert-OH is 1. The van der Waals surface area contributed by atoms with Crippen LogP contribution in [0, 0.1) is 28.6 Å². The number of ketones is 2. The van der Waals surface area contributed by atoms with Gasteiger partial charge in [0.25, 0.3) is 0 Å². The Morgan fingerprint density at radius 3 is 2.53 bits per heavy atom. The summed E-state index contributed by atoms with van der Waals surface area (Å²) in [6.45, 7) is 8.12. The Labute approximate surface area is 223 Å². The molecule has 0 aromatic heterocycles. The first-order valence-electron chi connectivity index (χ1n) is 13.7. The molecule has 38 heavy (non-hydrogen) atoms. The van der Waals surface area contributed by atoms with Crippen molar-refractivity contribution >= 4 is 23.7 Å². The zero-order chi connectivity index (χ0) is 28.1. The smallest absolute Gasteiger partial charge is 0.457 e. The lowest BCUT2D eigenvalue weighted by molar-refractivity contribution is -0.222. The third-order valence-electron chi connectivity index (χ3n) is 9.92. The molecule has 3 fully saturated rings. The van der Waals surface area contributed by atoms with E-state index < -0.39 is 70.5 Å². The van der Waals surface area contributed by atoms with Crippen molar-refractivity contribution < 1.29 is 42.9 Å².